The van der Waals surface area contributed by atoms with Crippen LogP contribution in [0.4, 0.5) is 5.69 Å². The molecule has 1 aliphatic heterocycles. The van der Waals surface area contributed by atoms with E-state index >= 15 is 0 Å². The molecule has 160 valence electrons. The standard InChI is InChI=1S/C22H29N5O2S/c1-16-2-4-17(5-3-16)23-20(28)12-22-25-19(15-30-22)13-26-8-10-27(11-9-26)14-21(29)24-18-6-7-18/h2-5,15,18H,6-14H2,1H3,(H,23,28)(H,24,29). The van der Waals surface area contributed by atoms with Crippen molar-refractivity contribution in [3.8, 4) is 0 Å². The van der Waals surface area contributed by atoms with Gasteiger partial charge in [0.05, 0.1) is 18.7 Å². The van der Waals surface area contributed by atoms with Gasteiger partial charge in [0.2, 0.25) is 11.8 Å². The van der Waals surface area contributed by atoms with Crippen molar-refractivity contribution in [2.75, 3.05) is 38.0 Å². The van der Waals surface area contributed by atoms with Crippen LogP contribution in [0.3, 0.4) is 0 Å². The number of aryl methyl sites for hydroxylation is 1. The number of rotatable bonds is 8. The zero-order valence-electron chi connectivity index (χ0n) is 17.4. The quantitative estimate of drug-likeness (QED) is 0.674. The topological polar surface area (TPSA) is 77.6 Å². The van der Waals surface area contributed by atoms with Gasteiger partial charge in [0.15, 0.2) is 0 Å². The number of hydrogen-bond donors (Lipinski definition) is 2. The van der Waals surface area contributed by atoms with Crippen molar-refractivity contribution < 1.29 is 9.59 Å². The highest BCUT2D eigenvalue weighted by molar-refractivity contribution is 7.09. The molecule has 4 rings (SSSR count). The summed E-state index contributed by atoms with van der Waals surface area (Å²) in [6.45, 7) is 6.96. The summed E-state index contributed by atoms with van der Waals surface area (Å²) in [5, 5.41) is 8.86. The van der Waals surface area contributed by atoms with E-state index in [1.54, 1.807) is 0 Å². The highest BCUT2D eigenvalue weighted by Crippen LogP contribution is 2.18. The maximum atomic E-state index is 12.3. The molecule has 2 N–H and O–H groups in total. The number of thiazole rings is 1. The molecule has 7 nitrogen and oxygen atoms in total. The van der Waals surface area contributed by atoms with E-state index < -0.39 is 0 Å². The predicted octanol–water partition coefficient (Wildman–Crippen LogP) is 2.03. The zero-order valence-corrected chi connectivity index (χ0v) is 18.2. The average molecular weight is 428 g/mol. The fourth-order valence-corrected chi connectivity index (χ4v) is 4.30. The third-order valence-corrected chi connectivity index (χ3v) is 6.30. The van der Waals surface area contributed by atoms with Gasteiger partial charge in [-0.15, -0.1) is 11.3 Å². The molecule has 2 heterocycles. The van der Waals surface area contributed by atoms with Crippen molar-refractivity contribution in [3.63, 3.8) is 0 Å². The molecule has 1 saturated heterocycles. The number of nitrogens with one attached hydrogen (secondary N) is 2. The second-order valence-electron chi connectivity index (χ2n) is 8.22. The zero-order chi connectivity index (χ0) is 20.9. The number of anilines is 1. The normalized spacial score (nSPS) is 17.6. The second-order valence-corrected chi connectivity index (χ2v) is 9.16. The molecule has 1 aliphatic carbocycles. The molecule has 1 aromatic heterocycles. The van der Waals surface area contributed by atoms with Gasteiger partial charge in [-0.3, -0.25) is 19.4 Å². The summed E-state index contributed by atoms with van der Waals surface area (Å²) in [5.41, 5.74) is 2.99. The molecule has 0 bridgehead atoms. The van der Waals surface area contributed by atoms with Gasteiger partial charge in [-0.05, 0) is 31.9 Å². The number of nitrogens with zero attached hydrogens (tertiary/aromatic N) is 3. The lowest BCUT2D eigenvalue weighted by atomic mass is 10.2. The first-order chi connectivity index (χ1) is 14.5. The van der Waals surface area contributed by atoms with Crippen LogP contribution in [0.1, 0.15) is 29.1 Å². The SMILES string of the molecule is Cc1ccc(NC(=O)Cc2nc(CN3CCN(CC(=O)NC4CC4)CC3)cs2)cc1. The smallest absolute Gasteiger partial charge is 0.234 e. The number of benzene rings is 1. The van der Waals surface area contributed by atoms with Crippen LogP contribution in [-0.2, 0) is 22.6 Å². The Labute approximate surface area is 181 Å². The highest BCUT2D eigenvalue weighted by Gasteiger charge is 2.25. The first kappa shape index (κ1) is 21.0. The van der Waals surface area contributed by atoms with Gasteiger partial charge in [0, 0.05) is 49.8 Å². The fraction of sp³-hybridized carbons (Fsp3) is 0.500. The van der Waals surface area contributed by atoms with E-state index in [2.05, 4.69) is 25.4 Å². The van der Waals surface area contributed by atoms with Crippen LogP contribution in [0.2, 0.25) is 0 Å². The molecule has 0 radical (unpaired) electrons. The first-order valence-corrected chi connectivity index (χ1v) is 11.5. The number of hydrogen-bond acceptors (Lipinski definition) is 6. The van der Waals surface area contributed by atoms with E-state index in [0.717, 1.165) is 62.0 Å². The number of carbonyl (C=O) groups is 2. The van der Waals surface area contributed by atoms with E-state index in [1.165, 1.54) is 16.9 Å². The Bertz CT molecular complexity index is 870. The van der Waals surface area contributed by atoms with Crippen molar-refractivity contribution in [1.29, 1.82) is 0 Å². The van der Waals surface area contributed by atoms with Crippen LogP contribution in [-0.4, -0.2) is 65.4 Å². The lowest BCUT2D eigenvalue weighted by molar-refractivity contribution is -0.122. The lowest BCUT2D eigenvalue weighted by Crippen LogP contribution is -2.49. The first-order valence-electron chi connectivity index (χ1n) is 10.6. The summed E-state index contributed by atoms with van der Waals surface area (Å²) in [6.07, 6.45) is 2.55. The fourth-order valence-electron chi connectivity index (χ4n) is 3.52. The van der Waals surface area contributed by atoms with Crippen molar-refractivity contribution in [1.82, 2.24) is 20.1 Å². The molecule has 2 aliphatic rings. The largest absolute Gasteiger partial charge is 0.352 e. The van der Waals surface area contributed by atoms with Crippen molar-refractivity contribution in [3.05, 3.63) is 45.9 Å². The van der Waals surface area contributed by atoms with E-state index in [-0.39, 0.29) is 11.8 Å². The Morgan fingerprint density at radius 2 is 1.77 bits per heavy atom. The molecule has 2 fully saturated rings. The van der Waals surface area contributed by atoms with Crippen LogP contribution in [0.25, 0.3) is 0 Å². The van der Waals surface area contributed by atoms with Gasteiger partial charge in [-0.1, -0.05) is 17.7 Å². The molecule has 1 aromatic carbocycles. The third kappa shape index (κ3) is 6.35. The molecular weight excluding hydrogens is 398 g/mol. The molecule has 30 heavy (non-hydrogen) atoms. The maximum Gasteiger partial charge on any atom is 0.234 e. The Morgan fingerprint density at radius 1 is 1.07 bits per heavy atom. The molecule has 8 heteroatoms. The minimum Gasteiger partial charge on any atom is -0.352 e. The molecule has 2 aromatic rings. The molecular formula is C22H29N5O2S. The summed E-state index contributed by atoms with van der Waals surface area (Å²) in [6, 6.07) is 8.22. The van der Waals surface area contributed by atoms with Crippen LogP contribution < -0.4 is 10.6 Å². The summed E-state index contributed by atoms with van der Waals surface area (Å²) in [7, 11) is 0. The van der Waals surface area contributed by atoms with Crippen LogP contribution in [0.15, 0.2) is 29.6 Å². The highest BCUT2D eigenvalue weighted by atomic mass is 32.1. The Kier molecular flexibility index (Phi) is 6.76. The van der Waals surface area contributed by atoms with Crippen molar-refractivity contribution in [2.45, 2.75) is 38.8 Å². The second kappa shape index (κ2) is 9.68. The Hall–Kier alpha value is -2.29. The van der Waals surface area contributed by atoms with E-state index in [9.17, 15) is 9.59 Å². The summed E-state index contributed by atoms with van der Waals surface area (Å²) in [4.78, 5) is 33.4. The summed E-state index contributed by atoms with van der Waals surface area (Å²) < 4.78 is 0. The minimum absolute atomic E-state index is 0.0437. The predicted molar refractivity (Wildman–Crippen MR) is 119 cm³/mol. The van der Waals surface area contributed by atoms with E-state index in [0.29, 0.717) is 19.0 Å². The summed E-state index contributed by atoms with van der Waals surface area (Å²) >= 11 is 1.54. The van der Waals surface area contributed by atoms with Gasteiger partial charge in [-0.25, -0.2) is 4.98 Å². The van der Waals surface area contributed by atoms with Gasteiger partial charge >= 0.3 is 0 Å². The van der Waals surface area contributed by atoms with E-state index in [1.807, 2.05) is 36.6 Å². The van der Waals surface area contributed by atoms with Crippen molar-refractivity contribution >= 4 is 28.8 Å². The summed E-state index contributed by atoms with van der Waals surface area (Å²) in [5.74, 6) is 0.108. The molecule has 0 spiro atoms. The number of piperazine rings is 1. The average Bonchev–Trinajstić information content (AvgIpc) is 3.42. The van der Waals surface area contributed by atoms with Crippen LogP contribution in [0, 0.1) is 6.92 Å². The Balaban J connectivity index is 1.18. The van der Waals surface area contributed by atoms with Gasteiger partial charge in [-0.2, -0.15) is 0 Å². The lowest BCUT2D eigenvalue weighted by Gasteiger charge is -2.33. The van der Waals surface area contributed by atoms with Gasteiger partial charge in [0.1, 0.15) is 5.01 Å². The molecule has 2 amide bonds. The van der Waals surface area contributed by atoms with Crippen molar-refractivity contribution in [2.24, 2.45) is 0 Å². The number of aromatic nitrogens is 1. The molecule has 1 saturated carbocycles. The molecule has 0 atom stereocenters. The van der Waals surface area contributed by atoms with E-state index in [4.69, 9.17) is 0 Å². The van der Waals surface area contributed by atoms with Crippen LogP contribution in [0.5, 0.6) is 0 Å². The molecule has 0 unspecified atom stereocenters. The monoisotopic (exact) mass is 427 g/mol. The number of amides is 2. The Morgan fingerprint density at radius 3 is 2.47 bits per heavy atom. The minimum atomic E-state index is -0.0437. The third-order valence-electron chi connectivity index (χ3n) is 5.41. The van der Waals surface area contributed by atoms with Gasteiger partial charge < -0.3 is 10.6 Å². The number of carbonyl (C=O) groups excluding carboxylic acids is 2. The van der Waals surface area contributed by atoms with Crippen LogP contribution >= 0.6 is 11.3 Å². The maximum absolute atomic E-state index is 12.3. The van der Waals surface area contributed by atoms with Gasteiger partial charge in [0.25, 0.3) is 0 Å².